The van der Waals surface area contributed by atoms with Gasteiger partial charge in [0.25, 0.3) is 0 Å². The van der Waals surface area contributed by atoms with Gasteiger partial charge in [-0.3, -0.25) is 4.57 Å². The predicted molar refractivity (Wildman–Crippen MR) is 65.0 cm³/mol. The molecule has 6 heteroatoms. The highest BCUT2D eigenvalue weighted by Gasteiger charge is 2.30. The summed E-state index contributed by atoms with van der Waals surface area (Å²) in [6.45, 7) is 6.43. The molecule has 1 heterocycles. The van der Waals surface area contributed by atoms with Crippen LogP contribution in [0.5, 0.6) is 0 Å². The van der Waals surface area contributed by atoms with Crippen LogP contribution in [0.15, 0.2) is 11.4 Å². The van der Waals surface area contributed by atoms with Gasteiger partial charge in [-0.2, -0.15) is 0 Å². The molecule has 0 aromatic heterocycles. The van der Waals surface area contributed by atoms with Crippen molar-refractivity contribution in [3.05, 3.63) is 11.4 Å². The Kier molecular flexibility index (Phi) is 5.83. The highest BCUT2D eigenvalue weighted by molar-refractivity contribution is 7.57. The SMILES string of the molecule is CCOP(=O)(/C=C(\C)[C@H]1OCCC1O)OCC. The molecular weight excluding hydrogens is 243 g/mol. The molecule has 1 aliphatic heterocycles. The average molecular weight is 264 g/mol. The van der Waals surface area contributed by atoms with Crippen LogP contribution in [0.3, 0.4) is 0 Å². The van der Waals surface area contributed by atoms with Crippen LogP contribution in [0.25, 0.3) is 0 Å². The first-order chi connectivity index (χ1) is 8.02. The van der Waals surface area contributed by atoms with E-state index in [0.717, 1.165) is 0 Å². The minimum Gasteiger partial charge on any atom is -0.390 e. The Hall–Kier alpha value is -0.190. The fraction of sp³-hybridized carbons (Fsp3) is 0.818. The lowest BCUT2D eigenvalue weighted by atomic mass is 10.1. The third-order valence-corrected chi connectivity index (χ3v) is 4.45. The molecule has 17 heavy (non-hydrogen) atoms. The molecule has 0 saturated carbocycles. The predicted octanol–water partition coefficient (Wildman–Crippen LogP) is 2.31. The summed E-state index contributed by atoms with van der Waals surface area (Å²) in [5, 5.41) is 9.68. The number of hydrogen-bond donors (Lipinski definition) is 1. The van der Waals surface area contributed by atoms with Gasteiger partial charge in [-0.15, -0.1) is 0 Å². The van der Waals surface area contributed by atoms with Crippen molar-refractivity contribution in [3.8, 4) is 0 Å². The van der Waals surface area contributed by atoms with Gasteiger partial charge in [0, 0.05) is 5.82 Å². The van der Waals surface area contributed by atoms with Gasteiger partial charge in [-0.05, 0) is 32.8 Å². The van der Waals surface area contributed by atoms with E-state index < -0.39 is 19.8 Å². The van der Waals surface area contributed by atoms with E-state index in [1.807, 2.05) is 0 Å². The van der Waals surface area contributed by atoms with E-state index in [-0.39, 0.29) is 0 Å². The topological polar surface area (TPSA) is 65.0 Å². The van der Waals surface area contributed by atoms with Crippen LogP contribution < -0.4 is 0 Å². The Morgan fingerprint density at radius 1 is 1.47 bits per heavy atom. The summed E-state index contributed by atoms with van der Waals surface area (Å²) in [5.41, 5.74) is 0.695. The van der Waals surface area contributed by atoms with Crippen LogP contribution in [-0.4, -0.2) is 37.1 Å². The maximum atomic E-state index is 12.2. The van der Waals surface area contributed by atoms with Crippen molar-refractivity contribution >= 4 is 7.60 Å². The van der Waals surface area contributed by atoms with Gasteiger partial charge in [-0.1, -0.05) is 0 Å². The Morgan fingerprint density at radius 2 is 2.06 bits per heavy atom. The van der Waals surface area contributed by atoms with E-state index in [4.69, 9.17) is 13.8 Å². The van der Waals surface area contributed by atoms with Crippen LogP contribution in [0.1, 0.15) is 27.2 Å². The van der Waals surface area contributed by atoms with Gasteiger partial charge >= 0.3 is 7.60 Å². The van der Waals surface area contributed by atoms with Crippen LogP contribution in [0.2, 0.25) is 0 Å². The van der Waals surface area contributed by atoms with Gasteiger partial charge < -0.3 is 18.9 Å². The first kappa shape index (κ1) is 14.9. The molecule has 0 aliphatic carbocycles. The second kappa shape index (κ2) is 6.66. The van der Waals surface area contributed by atoms with Crippen molar-refractivity contribution in [2.45, 2.75) is 39.4 Å². The summed E-state index contributed by atoms with van der Waals surface area (Å²) < 4.78 is 27.9. The van der Waals surface area contributed by atoms with Gasteiger partial charge in [0.1, 0.15) is 6.10 Å². The molecule has 2 atom stereocenters. The van der Waals surface area contributed by atoms with Crippen molar-refractivity contribution in [2.24, 2.45) is 0 Å². The lowest BCUT2D eigenvalue weighted by molar-refractivity contribution is 0.0670. The zero-order valence-electron chi connectivity index (χ0n) is 10.6. The summed E-state index contributed by atoms with van der Waals surface area (Å²) in [7, 11) is -3.21. The lowest BCUT2D eigenvalue weighted by Crippen LogP contribution is -2.21. The largest absolute Gasteiger partial charge is 0.390 e. The number of rotatable bonds is 6. The smallest absolute Gasteiger partial charge is 0.354 e. The summed E-state index contributed by atoms with van der Waals surface area (Å²) in [5.74, 6) is 1.46. The average Bonchev–Trinajstić information content (AvgIpc) is 2.64. The fourth-order valence-corrected chi connectivity index (χ4v) is 3.40. The zero-order chi connectivity index (χ0) is 12.9. The lowest BCUT2D eigenvalue weighted by Gasteiger charge is -2.18. The fourth-order valence-electron chi connectivity index (χ4n) is 1.81. The number of aliphatic hydroxyl groups excluding tert-OH is 1. The zero-order valence-corrected chi connectivity index (χ0v) is 11.5. The minimum absolute atomic E-state index is 0.315. The van der Waals surface area contributed by atoms with Gasteiger partial charge in [0.15, 0.2) is 0 Å². The van der Waals surface area contributed by atoms with Crippen molar-refractivity contribution in [1.82, 2.24) is 0 Å². The van der Waals surface area contributed by atoms with E-state index >= 15 is 0 Å². The van der Waals surface area contributed by atoms with Crippen LogP contribution in [0, 0.1) is 0 Å². The van der Waals surface area contributed by atoms with Crippen LogP contribution >= 0.6 is 7.60 Å². The molecule has 1 unspecified atom stereocenters. The summed E-state index contributed by atoms with van der Waals surface area (Å²) >= 11 is 0. The van der Waals surface area contributed by atoms with Crippen molar-refractivity contribution in [2.75, 3.05) is 19.8 Å². The summed E-state index contributed by atoms with van der Waals surface area (Å²) in [6, 6.07) is 0. The number of ether oxygens (including phenoxy) is 1. The third-order valence-electron chi connectivity index (χ3n) is 2.49. The van der Waals surface area contributed by atoms with E-state index in [1.54, 1.807) is 20.8 Å². The number of aliphatic hydroxyl groups is 1. The quantitative estimate of drug-likeness (QED) is 0.746. The normalized spacial score (nSPS) is 26.5. The Labute approximate surface area is 102 Å². The van der Waals surface area contributed by atoms with Crippen molar-refractivity contribution in [3.63, 3.8) is 0 Å². The molecule has 0 aromatic rings. The molecule has 1 rings (SSSR count). The van der Waals surface area contributed by atoms with E-state index in [9.17, 15) is 9.67 Å². The molecule has 0 aromatic carbocycles. The molecule has 1 fully saturated rings. The maximum Gasteiger partial charge on any atom is 0.354 e. The first-order valence-corrected chi connectivity index (χ1v) is 7.51. The second-order valence-corrected chi connectivity index (χ2v) is 5.75. The van der Waals surface area contributed by atoms with Crippen LogP contribution in [0.4, 0.5) is 0 Å². The van der Waals surface area contributed by atoms with Gasteiger partial charge in [0.2, 0.25) is 0 Å². The highest BCUT2D eigenvalue weighted by Crippen LogP contribution is 2.51. The third kappa shape index (κ3) is 4.19. The standard InChI is InChI=1S/C11H21O5P/c1-4-15-17(13,16-5-2)8-9(3)11-10(12)6-7-14-11/h8,10-12H,4-7H2,1-3H3/b9-8+/t10?,11-/m1/s1. The summed E-state index contributed by atoms with van der Waals surface area (Å²) in [4.78, 5) is 0. The second-order valence-electron chi connectivity index (χ2n) is 3.90. The Balaban J connectivity index is 2.78. The first-order valence-electron chi connectivity index (χ1n) is 5.90. The molecule has 100 valence electrons. The molecule has 1 aliphatic rings. The maximum absolute atomic E-state index is 12.2. The molecular formula is C11H21O5P. The van der Waals surface area contributed by atoms with E-state index in [1.165, 1.54) is 5.82 Å². The molecule has 1 N–H and O–H groups in total. The molecule has 0 bridgehead atoms. The molecule has 0 spiro atoms. The van der Waals surface area contributed by atoms with E-state index in [2.05, 4.69) is 0 Å². The summed E-state index contributed by atoms with van der Waals surface area (Å²) in [6.07, 6.45) is -0.337. The van der Waals surface area contributed by atoms with E-state index in [0.29, 0.717) is 31.8 Å². The molecule has 0 radical (unpaired) electrons. The molecule has 1 saturated heterocycles. The Bertz CT molecular complexity index is 305. The van der Waals surface area contributed by atoms with Crippen molar-refractivity contribution < 1.29 is 23.5 Å². The van der Waals surface area contributed by atoms with Crippen LogP contribution in [-0.2, 0) is 18.3 Å². The Morgan fingerprint density at radius 3 is 2.47 bits per heavy atom. The van der Waals surface area contributed by atoms with Gasteiger partial charge in [0.05, 0.1) is 25.9 Å². The minimum atomic E-state index is -3.21. The molecule has 5 nitrogen and oxygen atoms in total. The van der Waals surface area contributed by atoms with Gasteiger partial charge in [-0.25, -0.2) is 0 Å². The molecule has 0 amide bonds. The number of hydrogen-bond acceptors (Lipinski definition) is 5. The monoisotopic (exact) mass is 264 g/mol. The van der Waals surface area contributed by atoms with Crippen molar-refractivity contribution in [1.29, 1.82) is 0 Å². The highest BCUT2D eigenvalue weighted by atomic mass is 31.2.